The van der Waals surface area contributed by atoms with Crippen LogP contribution in [0.4, 0.5) is 0 Å². The molecule has 2 aromatic carbocycles. The standard InChI is InChI=1S/C20H17BrCl2N2O3S/c1-24-20-25(2)19(26)18(29-20)7-12-6-16(27-3)17(9-14(12)21)28-10-11-4-5-13(22)8-15(11)23/h4-9H,10H2,1-3H3/b18-7+,24-20?. The van der Waals surface area contributed by atoms with Gasteiger partial charge in [-0.2, -0.15) is 0 Å². The van der Waals surface area contributed by atoms with E-state index in [-0.39, 0.29) is 12.5 Å². The minimum absolute atomic E-state index is 0.0980. The van der Waals surface area contributed by atoms with Gasteiger partial charge < -0.3 is 9.47 Å². The summed E-state index contributed by atoms with van der Waals surface area (Å²) in [6, 6.07) is 8.86. The van der Waals surface area contributed by atoms with Crippen LogP contribution in [-0.4, -0.2) is 37.2 Å². The molecule has 0 spiro atoms. The fraction of sp³-hybridized carbons (Fsp3) is 0.200. The number of hydrogen-bond donors (Lipinski definition) is 0. The number of aliphatic imine (C=N–C) groups is 1. The Morgan fingerprint density at radius 1 is 1.24 bits per heavy atom. The number of amidine groups is 1. The smallest absolute Gasteiger partial charge is 0.266 e. The van der Waals surface area contributed by atoms with Crippen molar-refractivity contribution in [3.8, 4) is 11.5 Å². The van der Waals surface area contributed by atoms with Crippen LogP contribution in [0.1, 0.15) is 11.1 Å². The van der Waals surface area contributed by atoms with E-state index in [9.17, 15) is 4.79 Å². The predicted molar refractivity (Wildman–Crippen MR) is 123 cm³/mol. The molecule has 3 rings (SSSR count). The summed E-state index contributed by atoms with van der Waals surface area (Å²) in [7, 11) is 4.92. The number of hydrogen-bond acceptors (Lipinski definition) is 5. The number of carbonyl (C=O) groups excluding carboxylic acids is 1. The van der Waals surface area contributed by atoms with Crippen LogP contribution in [0.2, 0.25) is 10.0 Å². The molecule has 0 aliphatic carbocycles. The van der Waals surface area contributed by atoms with Gasteiger partial charge in [-0.1, -0.05) is 45.2 Å². The molecule has 1 amide bonds. The Morgan fingerprint density at radius 2 is 2.00 bits per heavy atom. The Kier molecular flexibility index (Phi) is 7.16. The second-order valence-corrected chi connectivity index (χ2v) is 8.74. The van der Waals surface area contributed by atoms with Gasteiger partial charge in [0.15, 0.2) is 16.7 Å². The molecule has 1 saturated heterocycles. The molecule has 0 unspecified atom stereocenters. The van der Waals surface area contributed by atoms with Crippen molar-refractivity contribution in [2.24, 2.45) is 4.99 Å². The summed E-state index contributed by atoms with van der Waals surface area (Å²) in [5.74, 6) is 0.989. The summed E-state index contributed by atoms with van der Waals surface area (Å²) in [6.07, 6.45) is 1.80. The highest BCUT2D eigenvalue weighted by atomic mass is 79.9. The fourth-order valence-corrected chi connectivity index (χ4v) is 4.44. The maximum Gasteiger partial charge on any atom is 0.266 e. The average molecular weight is 516 g/mol. The normalized spacial score (nSPS) is 16.8. The van der Waals surface area contributed by atoms with Crippen LogP contribution < -0.4 is 9.47 Å². The Balaban J connectivity index is 1.86. The number of carbonyl (C=O) groups is 1. The summed E-state index contributed by atoms with van der Waals surface area (Å²) in [5.41, 5.74) is 1.60. The average Bonchev–Trinajstić information content (AvgIpc) is 2.96. The van der Waals surface area contributed by atoms with Crippen molar-refractivity contribution >= 4 is 68.0 Å². The highest BCUT2D eigenvalue weighted by Gasteiger charge is 2.30. The quantitative estimate of drug-likeness (QED) is 0.467. The van der Waals surface area contributed by atoms with Crippen LogP contribution in [0, 0.1) is 0 Å². The SMILES string of the molecule is CN=C1S/C(=C/c2cc(OC)c(OCc3ccc(Cl)cc3Cl)cc2Br)C(=O)N1C. The van der Waals surface area contributed by atoms with E-state index in [1.54, 1.807) is 45.5 Å². The summed E-state index contributed by atoms with van der Waals surface area (Å²) in [4.78, 5) is 18.6. The van der Waals surface area contributed by atoms with Crippen molar-refractivity contribution in [1.29, 1.82) is 0 Å². The number of amides is 1. The Hall–Kier alpha value is -1.67. The number of thioether (sulfide) groups is 1. The summed E-state index contributed by atoms with van der Waals surface area (Å²) in [6.45, 7) is 0.259. The molecule has 1 aliphatic heterocycles. The molecule has 0 N–H and O–H groups in total. The number of halogens is 3. The third-order valence-electron chi connectivity index (χ3n) is 4.16. The highest BCUT2D eigenvalue weighted by Crippen LogP contribution is 2.38. The van der Waals surface area contributed by atoms with Gasteiger partial charge in [0.2, 0.25) is 0 Å². The lowest BCUT2D eigenvalue weighted by molar-refractivity contribution is -0.121. The van der Waals surface area contributed by atoms with Crippen molar-refractivity contribution in [1.82, 2.24) is 4.90 Å². The number of ether oxygens (including phenoxy) is 2. The van der Waals surface area contributed by atoms with E-state index < -0.39 is 0 Å². The largest absolute Gasteiger partial charge is 0.493 e. The number of nitrogens with zero attached hydrogens (tertiary/aromatic N) is 2. The molecule has 5 nitrogen and oxygen atoms in total. The summed E-state index contributed by atoms with van der Waals surface area (Å²) in [5, 5.41) is 1.76. The second kappa shape index (κ2) is 9.43. The first-order chi connectivity index (χ1) is 13.8. The molecule has 0 bridgehead atoms. The van der Waals surface area contributed by atoms with E-state index in [2.05, 4.69) is 20.9 Å². The van der Waals surface area contributed by atoms with Crippen molar-refractivity contribution in [3.63, 3.8) is 0 Å². The maximum atomic E-state index is 12.4. The van der Waals surface area contributed by atoms with E-state index in [4.69, 9.17) is 32.7 Å². The number of methoxy groups -OCH3 is 1. The predicted octanol–water partition coefficient (Wildman–Crippen LogP) is 5.88. The van der Waals surface area contributed by atoms with E-state index in [0.717, 1.165) is 15.6 Å². The fourth-order valence-electron chi connectivity index (χ4n) is 2.62. The van der Waals surface area contributed by atoms with Gasteiger partial charge in [-0.25, -0.2) is 0 Å². The summed E-state index contributed by atoms with van der Waals surface area (Å²) >= 11 is 17.0. The minimum atomic E-state index is -0.0980. The first-order valence-electron chi connectivity index (χ1n) is 8.42. The lowest BCUT2D eigenvalue weighted by Gasteiger charge is -2.14. The highest BCUT2D eigenvalue weighted by molar-refractivity contribution is 9.10. The van der Waals surface area contributed by atoms with E-state index >= 15 is 0 Å². The van der Waals surface area contributed by atoms with Gasteiger partial charge in [0, 0.05) is 34.2 Å². The molecule has 0 aromatic heterocycles. The van der Waals surface area contributed by atoms with Crippen LogP contribution >= 0.6 is 50.9 Å². The van der Waals surface area contributed by atoms with Gasteiger partial charge >= 0.3 is 0 Å². The van der Waals surface area contributed by atoms with Gasteiger partial charge in [0.25, 0.3) is 5.91 Å². The second-order valence-electron chi connectivity index (χ2n) is 6.03. The minimum Gasteiger partial charge on any atom is -0.493 e. The molecular formula is C20H17BrCl2N2O3S. The van der Waals surface area contributed by atoms with Gasteiger partial charge in [0.05, 0.1) is 12.0 Å². The van der Waals surface area contributed by atoms with Crippen molar-refractivity contribution in [3.05, 3.63) is 60.9 Å². The number of benzene rings is 2. The van der Waals surface area contributed by atoms with E-state index in [0.29, 0.717) is 31.6 Å². The first-order valence-corrected chi connectivity index (χ1v) is 10.8. The van der Waals surface area contributed by atoms with Crippen molar-refractivity contribution in [2.75, 3.05) is 21.2 Å². The molecule has 0 saturated carbocycles. The monoisotopic (exact) mass is 514 g/mol. The van der Waals surface area contributed by atoms with Crippen molar-refractivity contribution in [2.45, 2.75) is 6.61 Å². The zero-order valence-corrected chi connectivity index (χ0v) is 19.7. The van der Waals surface area contributed by atoms with E-state index in [1.807, 2.05) is 12.1 Å². The van der Waals surface area contributed by atoms with Crippen LogP contribution in [0.5, 0.6) is 11.5 Å². The Morgan fingerprint density at radius 3 is 2.62 bits per heavy atom. The Bertz CT molecular complexity index is 1030. The third kappa shape index (κ3) is 4.91. The molecule has 29 heavy (non-hydrogen) atoms. The Labute approximate surface area is 191 Å². The topological polar surface area (TPSA) is 51.1 Å². The maximum absolute atomic E-state index is 12.4. The van der Waals surface area contributed by atoms with Gasteiger partial charge in [0.1, 0.15) is 6.61 Å². The first kappa shape index (κ1) is 22.0. The van der Waals surface area contributed by atoms with E-state index in [1.165, 1.54) is 16.7 Å². The number of likely N-dealkylation sites (N-methyl/N-ethyl adjacent to an activating group) is 1. The third-order valence-corrected chi connectivity index (χ3v) is 6.59. The molecule has 1 heterocycles. The molecule has 152 valence electrons. The molecular weight excluding hydrogens is 499 g/mol. The van der Waals surface area contributed by atoms with Gasteiger partial charge in [-0.3, -0.25) is 14.7 Å². The van der Waals surface area contributed by atoms with Crippen LogP contribution in [-0.2, 0) is 11.4 Å². The van der Waals surface area contributed by atoms with Crippen LogP contribution in [0.25, 0.3) is 6.08 Å². The zero-order valence-electron chi connectivity index (χ0n) is 15.8. The van der Waals surface area contributed by atoms with Gasteiger partial charge in [-0.15, -0.1) is 0 Å². The molecule has 9 heteroatoms. The zero-order chi connectivity index (χ0) is 21.1. The van der Waals surface area contributed by atoms with Crippen molar-refractivity contribution < 1.29 is 14.3 Å². The van der Waals surface area contributed by atoms with Crippen LogP contribution in [0.3, 0.4) is 0 Å². The van der Waals surface area contributed by atoms with Crippen LogP contribution in [0.15, 0.2) is 44.7 Å². The molecule has 2 aromatic rings. The molecule has 0 atom stereocenters. The lowest BCUT2D eigenvalue weighted by atomic mass is 10.1. The number of rotatable bonds is 5. The summed E-state index contributed by atoms with van der Waals surface area (Å²) < 4.78 is 12.2. The molecule has 1 fully saturated rings. The molecule has 0 radical (unpaired) electrons. The molecule has 1 aliphatic rings. The lowest BCUT2D eigenvalue weighted by Crippen LogP contribution is -2.23. The van der Waals surface area contributed by atoms with Gasteiger partial charge in [-0.05, 0) is 47.7 Å².